The summed E-state index contributed by atoms with van der Waals surface area (Å²) in [7, 11) is 3.92. The predicted octanol–water partition coefficient (Wildman–Crippen LogP) is 5.66. The molecule has 2 aromatic heterocycles. The Hall–Kier alpha value is -5.18. The lowest BCUT2D eigenvalue weighted by atomic mass is 10.1. The average Bonchev–Trinajstić information content (AvgIpc) is 3.53. The van der Waals surface area contributed by atoms with Crippen molar-refractivity contribution in [2.75, 3.05) is 30.9 Å². The van der Waals surface area contributed by atoms with Crippen LogP contribution in [-0.4, -0.2) is 100 Å². The first kappa shape index (κ1) is 39.5. The van der Waals surface area contributed by atoms with E-state index in [0.29, 0.717) is 28.2 Å². The van der Waals surface area contributed by atoms with Crippen LogP contribution >= 0.6 is 11.3 Å². The molecule has 6 rings (SSSR count). The highest BCUT2D eigenvalue weighted by Gasteiger charge is 2.61. The molecule has 14 nitrogen and oxygen atoms in total. The van der Waals surface area contributed by atoms with Crippen LogP contribution in [0, 0.1) is 12.8 Å². The lowest BCUT2D eigenvalue weighted by molar-refractivity contribution is -0.145. The molecule has 2 saturated carbocycles. The molecule has 2 aliphatic carbocycles. The first-order chi connectivity index (χ1) is 26.1. The van der Waals surface area contributed by atoms with Crippen molar-refractivity contribution in [2.24, 2.45) is 5.92 Å². The van der Waals surface area contributed by atoms with Crippen LogP contribution in [0.25, 0.3) is 22.3 Å². The highest BCUT2D eigenvalue weighted by molar-refractivity contribution is 7.14. The molecule has 4 N–H and O–H groups in total. The molecule has 5 atom stereocenters. The van der Waals surface area contributed by atoms with Gasteiger partial charge in [0.2, 0.25) is 11.8 Å². The normalized spacial score (nSPS) is 22.6. The molecule has 0 spiro atoms. The summed E-state index contributed by atoms with van der Waals surface area (Å²) in [6, 6.07) is 3.69. The van der Waals surface area contributed by atoms with Crippen molar-refractivity contribution in [3.63, 3.8) is 0 Å². The number of ether oxygens (including phenoxy) is 2. The monoisotopic (exact) mass is 773 g/mol. The number of aliphatic carboxylic acids is 1. The number of carbonyl (C=O) groups excluding carboxylic acids is 3. The summed E-state index contributed by atoms with van der Waals surface area (Å²) in [4.78, 5) is 66.9. The highest BCUT2D eigenvalue weighted by Crippen LogP contribution is 2.45. The Balaban J connectivity index is 1.34. The maximum atomic E-state index is 14.4. The molecule has 3 heterocycles. The minimum Gasteiger partial charge on any atom is -0.488 e. The van der Waals surface area contributed by atoms with Gasteiger partial charge in [-0.15, -0.1) is 17.9 Å². The third kappa shape index (κ3) is 8.41. The summed E-state index contributed by atoms with van der Waals surface area (Å²) in [5.41, 5.74) is 2.73. The van der Waals surface area contributed by atoms with Crippen LogP contribution in [0.5, 0.6) is 5.75 Å². The SMILES string of the molecule is C=C[C@@H]1C[C@]1(NC(=O)[C@@H]1C[C@@H](Oc2cc(-c3csc(NC(C)C)n3)nc3cc(N(C)C)c(C)cc23)CN1C(=O)[C@@H](NC(=O)OC1CCCC1)C(=C)C)C(=O)O. The molecule has 1 aliphatic heterocycles. The average molecular weight is 774 g/mol. The maximum absolute atomic E-state index is 14.4. The Morgan fingerprint density at radius 3 is 2.45 bits per heavy atom. The molecule has 1 aromatic carbocycles. The molecule has 0 unspecified atom stereocenters. The van der Waals surface area contributed by atoms with E-state index < -0.39 is 53.5 Å². The number of aromatic nitrogens is 2. The number of carbonyl (C=O) groups is 4. The zero-order valence-electron chi connectivity index (χ0n) is 32.3. The molecule has 3 fully saturated rings. The number of hydrogen-bond acceptors (Lipinski definition) is 11. The largest absolute Gasteiger partial charge is 0.488 e. The predicted molar refractivity (Wildman–Crippen MR) is 212 cm³/mol. The summed E-state index contributed by atoms with van der Waals surface area (Å²) in [6.45, 7) is 15.4. The number of aryl methyl sites for hydroxylation is 1. The second-order valence-corrected chi connectivity index (χ2v) is 16.3. The first-order valence-corrected chi connectivity index (χ1v) is 19.6. The van der Waals surface area contributed by atoms with Crippen molar-refractivity contribution in [1.29, 1.82) is 0 Å². The fraction of sp³-hybridized carbons (Fsp3) is 0.500. The Morgan fingerprint density at radius 1 is 1.11 bits per heavy atom. The Kier molecular flexibility index (Phi) is 11.4. The minimum absolute atomic E-state index is 0.0297. The van der Waals surface area contributed by atoms with Crippen LogP contribution in [0.2, 0.25) is 0 Å². The molecule has 3 aromatic rings. The van der Waals surface area contributed by atoms with Gasteiger partial charge in [0.05, 0.1) is 17.8 Å². The number of rotatable bonds is 14. The fourth-order valence-electron chi connectivity index (χ4n) is 7.50. The third-order valence-corrected chi connectivity index (χ3v) is 11.3. The lowest BCUT2D eigenvalue weighted by Gasteiger charge is -2.29. The molecule has 0 radical (unpaired) electrons. The Labute approximate surface area is 325 Å². The van der Waals surface area contributed by atoms with Crippen LogP contribution in [0.3, 0.4) is 0 Å². The number of pyridine rings is 1. The molecule has 3 aliphatic rings. The summed E-state index contributed by atoms with van der Waals surface area (Å²) in [5, 5.41) is 22.2. The van der Waals surface area contributed by atoms with Gasteiger partial charge in [-0.1, -0.05) is 12.7 Å². The van der Waals surface area contributed by atoms with Gasteiger partial charge < -0.3 is 40.3 Å². The van der Waals surface area contributed by atoms with Gasteiger partial charge in [0.1, 0.15) is 41.3 Å². The summed E-state index contributed by atoms with van der Waals surface area (Å²) >= 11 is 1.47. The molecule has 1 saturated heterocycles. The number of alkyl carbamates (subject to hydrolysis) is 1. The number of carboxylic acid groups (broad SMARTS) is 1. The number of nitrogens with one attached hydrogen (secondary N) is 3. The van der Waals surface area contributed by atoms with Gasteiger partial charge in [-0.2, -0.15) is 0 Å². The minimum atomic E-state index is -1.52. The Morgan fingerprint density at radius 2 is 1.84 bits per heavy atom. The molecular formula is C40H51N7O7S. The van der Waals surface area contributed by atoms with Crippen molar-refractivity contribution in [1.82, 2.24) is 25.5 Å². The van der Waals surface area contributed by atoms with E-state index in [1.165, 1.54) is 22.3 Å². The van der Waals surface area contributed by atoms with Crippen LogP contribution in [-0.2, 0) is 19.1 Å². The van der Waals surface area contributed by atoms with Gasteiger partial charge in [0.15, 0.2) is 5.13 Å². The highest BCUT2D eigenvalue weighted by atomic mass is 32.1. The van der Waals surface area contributed by atoms with E-state index >= 15 is 0 Å². The molecule has 3 amide bonds. The quantitative estimate of drug-likeness (QED) is 0.149. The zero-order chi connectivity index (χ0) is 39.8. The zero-order valence-corrected chi connectivity index (χ0v) is 33.1. The van der Waals surface area contributed by atoms with Crippen molar-refractivity contribution in [2.45, 2.75) is 102 Å². The number of thiazole rings is 1. The van der Waals surface area contributed by atoms with E-state index in [2.05, 4.69) is 29.1 Å². The first-order valence-electron chi connectivity index (χ1n) is 18.7. The van der Waals surface area contributed by atoms with Crippen molar-refractivity contribution >= 4 is 56.9 Å². The van der Waals surface area contributed by atoms with Gasteiger partial charge in [0.25, 0.3) is 0 Å². The molecular weight excluding hydrogens is 723 g/mol. The van der Waals surface area contributed by atoms with E-state index in [1.54, 1.807) is 6.92 Å². The maximum Gasteiger partial charge on any atom is 0.408 e. The number of likely N-dealkylation sites (tertiary alicyclic amines) is 1. The van der Waals surface area contributed by atoms with Crippen molar-refractivity contribution < 1.29 is 33.8 Å². The van der Waals surface area contributed by atoms with Crippen LogP contribution in [0.1, 0.15) is 64.9 Å². The van der Waals surface area contributed by atoms with E-state index in [1.807, 2.05) is 63.3 Å². The van der Waals surface area contributed by atoms with Crippen LogP contribution in [0.15, 0.2) is 48.4 Å². The standard InChI is InChI=1S/C40H51N7O7S/c1-9-24-18-40(24,37(50)51)45-35(48)32-15-26(19-47(32)36(49)34(21(2)3)44-39(52)54-25-12-10-11-13-25)53-33-17-29(30-20-55-38(43-30)41-22(4)5)42-28-16-31(46(7)8)23(6)14-27(28)33/h9,14,16-17,20,22,24-26,32,34H,1-2,10-13,15,18-19H2,3-8H3,(H,41,43)(H,44,52)(H,45,48)(H,50,51)/t24-,26-,32+,34+,40-/m1/s1. The second kappa shape index (κ2) is 15.9. The summed E-state index contributed by atoms with van der Waals surface area (Å²) < 4.78 is 12.3. The molecule has 55 heavy (non-hydrogen) atoms. The fourth-order valence-corrected chi connectivity index (χ4v) is 8.35. The van der Waals surface area contributed by atoms with Crippen molar-refractivity contribution in [3.05, 3.63) is 53.9 Å². The topological polar surface area (TPSA) is 175 Å². The second-order valence-electron chi connectivity index (χ2n) is 15.4. The number of anilines is 2. The van der Waals surface area contributed by atoms with Crippen LogP contribution < -0.4 is 25.6 Å². The van der Waals surface area contributed by atoms with Gasteiger partial charge in [-0.05, 0) is 83.1 Å². The number of amides is 3. The molecule has 294 valence electrons. The van der Waals surface area contributed by atoms with Crippen LogP contribution in [0.4, 0.5) is 15.6 Å². The van der Waals surface area contributed by atoms with Gasteiger partial charge >= 0.3 is 12.1 Å². The van der Waals surface area contributed by atoms with E-state index in [-0.39, 0.29) is 31.5 Å². The number of nitrogens with zero attached hydrogens (tertiary/aromatic N) is 4. The van der Waals surface area contributed by atoms with E-state index in [9.17, 15) is 24.3 Å². The van der Waals surface area contributed by atoms with E-state index in [0.717, 1.165) is 47.5 Å². The lowest BCUT2D eigenvalue weighted by Crippen LogP contribution is -2.56. The number of hydrogen-bond donors (Lipinski definition) is 4. The smallest absolute Gasteiger partial charge is 0.408 e. The molecule has 0 bridgehead atoms. The van der Waals surface area contributed by atoms with Gasteiger partial charge in [-0.3, -0.25) is 9.59 Å². The third-order valence-electron chi connectivity index (χ3n) is 10.5. The van der Waals surface area contributed by atoms with Gasteiger partial charge in [0, 0.05) is 55.0 Å². The number of fused-ring (bicyclic) bond motifs is 1. The number of benzene rings is 1. The Bertz CT molecular complexity index is 2010. The summed E-state index contributed by atoms with van der Waals surface area (Å²) in [5.74, 6) is -2.37. The van der Waals surface area contributed by atoms with Gasteiger partial charge in [-0.25, -0.2) is 19.6 Å². The number of carboxylic acids is 1. The summed E-state index contributed by atoms with van der Waals surface area (Å²) in [6.07, 6.45) is 3.50. The van der Waals surface area contributed by atoms with E-state index in [4.69, 9.17) is 19.4 Å². The molecule has 15 heteroatoms. The van der Waals surface area contributed by atoms with Crippen molar-refractivity contribution in [3.8, 4) is 17.1 Å².